The van der Waals surface area contributed by atoms with E-state index in [0.717, 1.165) is 0 Å². The van der Waals surface area contributed by atoms with Gasteiger partial charge in [0.05, 0.1) is 5.41 Å². The van der Waals surface area contributed by atoms with Crippen molar-refractivity contribution in [3.63, 3.8) is 0 Å². The molecule has 0 saturated heterocycles. The summed E-state index contributed by atoms with van der Waals surface area (Å²) < 4.78 is 4.57. The Labute approximate surface area is 88.2 Å². The van der Waals surface area contributed by atoms with Crippen molar-refractivity contribution in [2.24, 2.45) is 11.1 Å². The van der Waals surface area contributed by atoms with E-state index < -0.39 is 5.41 Å². The fourth-order valence-electron chi connectivity index (χ4n) is 0.922. The average Bonchev–Trinajstić information content (AvgIpc) is 2.70. The minimum Gasteiger partial charge on any atom is -0.355 e. The predicted octanol–water partition coefficient (Wildman–Crippen LogP) is -0.287. The van der Waals surface area contributed by atoms with Crippen LogP contribution in [0.3, 0.4) is 0 Å². The first kappa shape index (κ1) is 11.6. The number of carbonyl (C=O) groups is 1. The molecule has 0 aliphatic heterocycles. The van der Waals surface area contributed by atoms with E-state index >= 15 is 0 Å². The maximum absolute atomic E-state index is 11.6. The number of nitrogens with two attached hydrogens (primary N) is 1. The molecule has 3 N–H and O–H groups in total. The molecule has 0 unspecified atom stereocenters. The van der Waals surface area contributed by atoms with Crippen molar-refractivity contribution < 1.29 is 9.32 Å². The molecular formula is C9H16N4O2. The molecule has 84 valence electrons. The number of carbonyl (C=O) groups excluding carboxylic acids is 1. The van der Waals surface area contributed by atoms with Crippen LogP contribution in [0.1, 0.15) is 19.7 Å². The second-order valence-electron chi connectivity index (χ2n) is 3.94. The van der Waals surface area contributed by atoms with E-state index in [9.17, 15) is 4.79 Å². The third-order valence-electron chi connectivity index (χ3n) is 2.17. The van der Waals surface area contributed by atoms with E-state index in [2.05, 4.69) is 20.0 Å². The Morgan fingerprint density at radius 3 is 2.93 bits per heavy atom. The minimum absolute atomic E-state index is 0.0616. The van der Waals surface area contributed by atoms with Crippen molar-refractivity contribution in [1.29, 1.82) is 0 Å². The lowest BCUT2D eigenvalue weighted by Gasteiger charge is -2.20. The number of nitrogens with zero attached hydrogens (tertiary/aromatic N) is 2. The van der Waals surface area contributed by atoms with E-state index in [1.807, 2.05) is 0 Å². The topological polar surface area (TPSA) is 94.0 Å². The molecule has 0 spiro atoms. The second-order valence-corrected chi connectivity index (χ2v) is 3.94. The van der Waals surface area contributed by atoms with Crippen LogP contribution in [0.15, 0.2) is 10.9 Å². The molecule has 15 heavy (non-hydrogen) atoms. The van der Waals surface area contributed by atoms with Crippen LogP contribution in [-0.2, 0) is 11.2 Å². The summed E-state index contributed by atoms with van der Waals surface area (Å²) in [4.78, 5) is 15.4. The standard InChI is InChI=1S/C9H16N4O2/c1-9(2,5-10)8(14)11-4-3-7-12-6-15-13-7/h6H,3-5,10H2,1-2H3,(H,11,14). The van der Waals surface area contributed by atoms with Gasteiger partial charge in [-0.3, -0.25) is 4.79 Å². The van der Waals surface area contributed by atoms with Crippen molar-refractivity contribution >= 4 is 5.91 Å². The van der Waals surface area contributed by atoms with Gasteiger partial charge in [0, 0.05) is 19.5 Å². The molecular weight excluding hydrogens is 196 g/mol. The first-order valence-corrected chi connectivity index (χ1v) is 4.80. The minimum atomic E-state index is -0.531. The van der Waals surface area contributed by atoms with Gasteiger partial charge in [-0.25, -0.2) is 0 Å². The van der Waals surface area contributed by atoms with Crippen LogP contribution < -0.4 is 11.1 Å². The van der Waals surface area contributed by atoms with Crippen LogP contribution >= 0.6 is 0 Å². The molecule has 0 fully saturated rings. The molecule has 0 aliphatic carbocycles. The molecule has 1 heterocycles. The van der Waals surface area contributed by atoms with Crippen molar-refractivity contribution in [3.8, 4) is 0 Å². The number of hydrogen-bond donors (Lipinski definition) is 2. The maximum atomic E-state index is 11.6. The van der Waals surface area contributed by atoms with Crippen LogP contribution in [0.5, 0.6) is 0 Å². The molecule has 1 aromatic rings. The maximum Gasteiger partial charge on any atom is 0.226 e. The summed E-state index contributed by atoms with van der Waals surface area (Å²) >= 11 is 0. The van der Waals surface area contributed by atoms with Crippen LogP contribution in [-0.4, -0.2) is 29.1 Å². The summed E-state index contributed by atoms with van der Waals surface area (Å²) in [6.07, 6.45) is 1.82. The lowest BCUT2D eigenvalue weighted by molar-refractivity contribution is -0.128. The third-order valence-corrected chi connectivity index (χ3v) is 2.17. The van der Waals surface area contributed by atoms with Gasteiger partial charge in [-0.15, -0.1) is 0 Å². The highest BCUT2D eigenvalue weighted by atomic mass is 16.5. The molecule has 1 amide bonds. The van der Waals surface area contributed by atoms with E-state index in [0.29, 0.717) is 25.3 Å². The quantitative estimate of drug-likeness (QED) is 0.699. The monoisotopic (exact) mass is 212 g/mol. The van der Waals surface area contributed by atoms with E-state index in [1.54, 1.807) is 13.8 Å². The molecule has 0 saturated carbocycles. The van der Waals surface area contributed by atoms with Gasteiger partial charge in [0.2, 0.25) is 12.3 Å². The molecule has 0 aromatic carbocycles. The van der Waals surface area contributed by atoms with E-state index in [1.165, 1.54) is 6.39 Å². The van der Waals surface area contributed by atoms with Gasteiger partial charge in [0.15, 0.2) is 5.82 Å². The molecule has 0 atom stereocenters. The second kappa shape index (κ2) is 4.88. The molecule has 1 rings (SSSR count). The fraction of sp³-hybridized carbons (Fsp3) is 0.667. The van der Waals surface area contributed by atoms with Crippen LogP contribution in [0.4, 0.5) is 0 Å². The Morgan fingerprint density at radius 1 is 1.67 bits per heavy atom. The summed E-state index contributed by atoms with van der Waals surface area (Å²) in [5.74, 6) is 0.523. The SMILES string of the molecule is CC(C)(CN)C(=O)NCCc1ncon1. The smallest absolute Gasteiger partial charge is 0.226 e. The lowest BCUT2D eigenvalue weighted by Crippen LogP contribution is -2.42. The zero-order valence-electron chi connectivity index (χ0n) is 8.99. The van der Waals surface area contributed by atoms with Crippen LogP contribution in [0.25, 0.3) is 0 Å². The van der Waals surface area contributed by atoms with Gasteiger partial charge in [-0.2, -0.15) is 4.98 Å². The molecule has 6 heteroatoms. The largest absolute Gasteiger partial charge is 0.355 e. The molecule has 0 radical (unpaired) electrons. The molecule has 0 bridgehead atoms. The van der Waals surface area contributed by atoms with Gasteiger partial charge in [-0.05, 0) is 13.8 Å². The van der Waals surface area contributed by atoms with Crippen molar-refractivity contribution in [3.05, 3.63) is 12.2 Å². The molecule has 1 aromatic heterocycles. The Kier molecular flexibility index (Phi) is 3.79. The van der Waals surface area contributed by atoms with Crippen LogP contribution in [0.2, 0.25) is 0 Å². The highest BCUT2D eigenvalue weighted by Gasteiger charge is 2.25. The van der Waals surface area contributed by atoms with Crippen LogP contribution in [0, 0.1) is 5.41 Å². The van der Waals surface area contributed by atoms with Gasteiger partial charge in [0.25, 0.3) is 0 Å². The number of hydrogen-bond acceptors (Lipinski definition) is 5. The van der Waals surface area contributed by atoms with Gasteiger partial charge in [0.1, 0.15) is 0 Å². The lowest BCUT2D eigenvalue weighted by atomic mass is 9.93. The summed E-state index contributed by atoms with van der Waals surface area (Å²) in [6, 6.07) is 0. The summed E-state index contributed by atoms with van der Waals surface area (Å²) in [6.45, 7) is 4.41. The third kappa shape index (κ3) is 3.32. The number of rotatable bonds is 5. The first-order chi connectivity index (χ1) is 7.06. The van der Waals surface area contributed by atoms with Gasteiger partial charge in [-0.1, -0.05) is 5.16 Å². The Bertz CT molecular complexity index is 308. The van der Waals surface area contributed by atoms with Crippen molar-refractivity contribution in [2.45, 2.75) is 20.3 Å². The van der Waals surface area contributed by atoms with Gasteiger partial charge < -0.3 is 15.6 Å². The van der Waals surface area contributed by atoms with Crippen molar-refractivity contribution in [2.75, 3.05) is 13.1 Å². The molecule has 6 nitrogen and oxygen atoms in total. The number of nitrogens with one attached hydrogen (secondary N) is 1. The first-order valence-electron chi connectivity index (χ1n) is 4.80. The Balaban J connectivity index is 2.29. The average molecular weight is 212 g/mol. The highest BCUT2D eigenvalue weighted by molar-refractivity contribution is 5.81. The van der Waals surface area contributed by atoms with Crippen molar-refractivity contribution in [1.82, 2.24) is 15.5 Å². The summed E-state index contributed by atoms with van der Waals surface area (Å²) in [5.41, 5.74) is 4.94. The zero-order valence-corrected chi connectivity index (χ0v) is 8.99. The predicted molar refractivity (Wildman–Crippen MR) is 53.8 cm³/mol. The Morgan fingerprint density at radius 2 is 2.40 bits per heavy atom. The highest BCUT2D eigenvalue weighted by Crippen LogP contribution is 2.11. The van der Waals surface area contributed by atoms with E-state index in [4.69, 9.17) is 5.73 Å². The number of amides is 1. The molecule has 0 aliphatic rings. The summed E-state index contributed by atoms with van der Waals surface area (Å²) in [7, 11) is 0. The summed E-state index contributed by atoms with van der Waals surface area (Å²) in [5, 5.41) is 6.40. The number of aromatic nitrogens is 2. The van der Waals surface area contributed by atoms with Gasteiger partial charge >= 0.3 is 0 Å². The van der Waals surface area contributed by atoms with E-state index in [-0.39, 0.29) is 5.91 Å². The Hall–Kier alpha value is -1.43. The fourth-order valence-corrected chi connectivity index (χ4v) is 0.922. The zero-order chi connectivity index (χ0) is 11.3. The normalized spacial score (nSPS) is 11.4.